The quantitative estimate of drug-likeness (QED) is 0.681. The number of ether oxygens (including phenoxy) is 1. The first-order valence-corrected chi connectivity index (χ1v) is 7.22. The fourth-order valence-electron chi connectivity index (χ4n) is 1.81. The molecule has 0 heterocycles. The Morgan fingerprint density at radius 3 is 2.57 bits per heavy atom. The Kier molecular flexibility index (Phi) is 7.92. The number of hydrogen-bond donors (Lipinski definition) is 2. The minimum absolute atomic E-state index is 0.151. The number of amides is 1. The number of rotatable bonds is 9. The summed E-state index contributed by atoms with van der Waals surface area (Å²) in [6.45, 7) is 2.53. The van der Waals surface area contributed by atoms with E-state index in [1.165, 1.54) is 0 Å². The van der Waals surface area contributed by atoms with Gasteiger partial charge >= 0.3 is 0 Å². The zero-order valence-corrected chi connectivity index (χ0v) is 12.3. The maximum atomic E-state index is 11.8. The Bertz CT molecular complexity index is 465. The van der Waals surface area contributed by atoms with E-state index in [1.54, 1.807) is 31.2 Å². The fraction of sp³-hybridized carbons (Fsp3) is 0.500. The molecule has 0 aromatic heterocycles. The Balaban J connectivity index is 2.25. The highest BCUT2D eigenvalue weighted by Crippen LogP contribution is 2.13. The first-order valence-electron chi connectivity index (χ1n) is 7.22. The van der Waals surface area contributed by atoms with E-state index in [9.17, 15) is 4.79 Å². The molecule has 0 fully saturated rings. The SMILES string of the molecule is CC(Oc1ccc(C#N)cc1)C(=O)NCCCCCCO. The first kappa shape index (κ1) is 17.0. The number of carbonyl (C=O) groups excluding carboxylic acids is 1. The number of nitrogens with zero attached hydrogens (tertiary/aromatic N) is 1. The highest BCUT2D eigenvalue weighted by molar-refractivity contribution is 5.80. The highest BCUT2D eigenvalue weighted by Gasteiger charge is 2.13. The lowest BCUT2D eigenvalue weighted by atomic mass is 10.2. The first-order chi connectivity index (χ1) is 10.2. The van der Waals surface area contributed by atoms with Gasteiger partial charge in [0, 0.05) is 13.2 Å². The smallest absolute Gasteiger partial charge is 0.260 e. The van der Waals surface area contributed by atoms with Gasteiger partial charge in [-0.15, -0.1) is 0 Å². The summed E-state index contributed by atoms with van der Waals surface area (Å²) in [5, 5.41) is 20.2. The van der Waals surface area contributed by atoms with Crippen LogP contribution in [0.2, 0.25) is 0 Å². The van der Waals surface area contributed by atoms with Crippen molar-refractivity contribution in [2.24, 2.45) is 0 Å². The third-order valence-corrected chi connectivity index (χ3v) is 3.05. The van der Waals surface area contributed by atoms with Crippen molar-refractivity contribution in [2.45, 2.75) is 38.7 Å². The molecule has 0 aliphatic heterocycles. The third-order valence-electron chi connectivity index (χ3n) is 3.05. The van der Waals surface area contributed by atoms with Crippen molar-refractivity contribution in [1.29, 1.82) is 5.26 Å². The normalized spacial score (nSPS) is 11.5. The maximum Gasteiger partial charge on any atom is 0.260 e. The lowest BCUT2D eigenvalue weighted by molar-refractivity contribution is -0.127. The summed E-state index contributed by atoms with van der Waals surface area (Å²) in [6, 6.07) is 8.69. The number of hydrogen-bond acceptors (Lipinski definition) is 4. The molecule has 0 saturated carbocycles. The predicted molar refractivity (Wildman–Crippen MR) is 79.8 cm³/mol. The molecule has 5 nitrogen and oxygen atoms in total. The summed E-state index contributed by atoms with van der Waals surface area (Å²) in [6.07, 6.45) is 3.10. The fourth-order valence-corrected chi connectivity index (χ4v) is 1.81. The Morgan fingerprint density at radius 2 is 1.95 bits per heavy atom. The van der Waals surface area contributed by atoms with Gasteiger partial charge in [-0.3, -0.25) is 4.79 Å². The Hall–Kier alpha value is -2.06. The average Bonchev–Trinajstić information content (AvgIpc) is 2.51. The molecular formula is C16H22N2O3. The van der Waals surface area contributed by atoms with Crippen molar-refractivity contribution in [3.05, 3.63) is 29.8 Å². The molecule has 1 unspecified atom stereocenters. The lowest BCUT2D eigenvalue weighted by Gasteiger charge is -2.14. The standard InChI is InChI=1S/C16H22N2O3/c1-13(16(20)18-10-4-2-3-5-11-19)21-15-8-6-14(12-17)7-9-15/h6-9,13,19H,2-5,10-11H2,1H3,(H,18,20). The predicted octanol–water partition coefficient (Wildman–Crippen LogP) is 1.99. The van der Waals surface area contributed by atoms with Gasteiger partial charge in [-0.1, -0.05) is 12.8 Å². The van der Waals surface area contributed by atoms with Crippen LogP contribution in [0.3, 0.4) is 0 Å². The van der Waals surface area contributed by atoms with Gasteiger partial charge in [0.2, 0.25) is 0 Å². The second kappa shape index (κ2) is 9.78. The van der Waals surface area contributed by atoms with E-state index in [2.05, 4.69) is 5.32 Å². The van der Waals surface area contributed by atoms with Gasteiger partial charge in [0.15, 0.2) is 6.10 Å². The van der Waals surface area contributed by atoms with E-state index in [0.29, 0.717) is 17.9 Å². The molecule has 1 rings (SSSR count). The zero-order valence-electron chi connectivity index (χ0n) is 12.3. The molecule has 2 N–H and O–H groups in total. The van der Waals surface area contributed by atoms with Crippen LogP contribution in [0.4, 0.5) is 0 Å². The molecule has 21 heavy (non-hydrogen) atoms. The van der Waals surface area contributed by atoms with E-state index in [4.69, 9.17) is 15.1 Å². The van der Waals surface area contributed by atoms with E-state index < -0.39 is 6.10 Å². The van der Waals surface area contributed by atoms with Gasteiger partial charge in [0.25, 0.3) is 5.91 Å². The molecular weight excluding hydrogens is 268 g/mol. The molecule has 0 radical (unpaired) electrons. The van der Waals surface area contributed by atoms with Crippen molar-refractivity contribution in [2.75, 3.05) is 13.2 Å². The van der Waals surface area contributed by atoms with Gasteiger partial charge < -0.3 is 15.2 Å². The second-order valence-electron chi connectivity index (χ2n) is 4.83. The van der Waals surface area contributed by atoms with Gasteiger partial charge in [-0.2, -0.15) is 5.26 Å². The van der Waals surface area contributed by atoms with Crippen LogP contribution in [0.5, 0.6) is 5.75 Å². The summed E-state index contributed by atoms with van der Waals surface area (Å²) < 4.78 is 5.52. The molecule has 0 aliphatic rings. The van der Waals surface area contributed by atoms with E-state index in [0.717, 1.165) is 25.7 Å². The van der Waals surface area contributed by atoms with E-state index in [-0.39, 0.29) is 12.5 Å². The van der Waals surface area contributed by atoms with Crippen molar-refractivity contribution >= 4 is 5.91 Å². The van der Waals surface area contributed by atoms with Crippen molar-refractivity contribution in [3.8, 4) is 11.8 Å². The topological polar surface area (TPSA) is 82.3 Å². The lowest BCUT2D eigenvalue weighted by Crippen LogP contribution is -2.36. The van der Waals surface area contributed by atoms with Crippen LogP contribution in [-0.4, -0.2) is 30.3 Å². The number of nitrogens with one attached hydrogen (secondary N) is 1. The minimum atomic E-state index is -0.574. The Labute approximate surface area is 125 Å². The molecule has 0 spiro atoms. The zero-order chi connectivity index (χ0) is 15.5. The summed E-state index contributed by atoms with van der Waals surface area (Å²) in [4.78, 5) is 11.8. The monoisotopic (exact) mass is 290 g/mol. The van der Waals surface area contributed by atoms with Crippen LogP contribution in [0, 0.1) is 11.3 Å². The average molecular weight is 290 g/mol. The molecule has 114 valence electrons. The van der Waals surface area contributed by atoms with Gasteiger partial charge in [0.1, 0.15) is 5.75 Å². The summed E-state index contributed by atoms with van der Waals surface area (Å²) >= 11 is 0. The third kappa shape index (κ3) is 6.77. The number of benzene rings is 1. The van der Waals surface area contributed by atoms with Crippen molar-refractivity contribution in [3.63, 3.8) is 0 Å². The number of aliphatic hydroxyl groups is 1. The second-order valence-corrected chi connectivity index (χ2v) is 4.83. The van der Waals surface area contributed by atoms with Crippen LogP contribution in [0.15, 0.2) is 24.3 Å². The minimum Gasteiger partial charge on any atom is -0.481 e. The number of nitriles is 1. The van der Waals surface area contributed by atoms with Crippen molar-refractivity contribution in [1.82, 2.24) is 5.32 Å². The molecule has 1 amide bonds. The van der Waals surface area contributed by atoms with Crippen molar-refractivity contribution < 1.29 is 14.6 Å². The highest BCUT2D eigenvalue weighted by atomic mass is 16.5. The number of carbonyl (C=O) groups is 1. The molecule has 1 aromatic carbocycles. The van der Waals surface area contributed by atoms with Gasteiger partial charge in [-0.05, 0) is 44.0 Å². The van der Waals surface area contributed by atoms with Crippen LogP contribution in [0.1, 0.15) is 38.2 Å². The largest absolute Gasteiger partial charge is 0.481 e. The summed E-state index contributed by atoms with van der Waals surface area (Å²) in [5.41, 5.74) is 0.558. The molecule has 1 aromatic rings. The van der Waals surface area contributed by atoms with E-state index >= 15 is 0 Å². The van der Waals surface area contributed by atoms with Crippen LogP contribution in [-0.2, 0) is 4.79 Å². The van der Waals surface area contributed by atoms with E-state index in [1.807, 2.05) is 6.07 Å². The van der Waals surface area contributed by atoms with Crippen LogP contribution >= 0.6 is 0 Å². The molecule has 5 heteroatoms. The summed E-state index contributed by atoms with van der Waals surface area (Å²) in [7, 11) is 0. The maximum absolute atomic E-state index is 11.8. The molecule has 1 atom stereocenters. The summed E-state index contributed by atoms with van der Waals surface area (Å²) in [5.74, 6) is 0.418. The number of aliphatic hydroxyl groups excluding tert-OH is 1. The van der Waals surface area contributed by atoms with Gasteiger partial charge in [0.05, 0.1) is 11.6 Å². The van der Waals surface area contributed by atoms with Gasteiger partial charge in [-0.25, -0.2) is 0 Å². The number of unbranched alkanes of at least 4 members (excludes halogenated alkanes) is 3. The molecule has 0 bridgehead atoms. The van der Waals surface area contributed by atoms with Crippen LogP contribution < -0.4 is 10.1 Å². The molecule has 0 aliphatic carbocycles. The molecule has 0 saturated heterocycles. The van der Waals surface area contributed by atoms with Crippen LogP contribution in [0.25, 0.3) is 0 Å². The Morgan fingerprint density at radius 1 is 1.29 bits per heavy atom.